The van der Waals surface area contributed by atoms with Crippen molar-refractivity contribution in [1.29, 1.82) is 0 Å². The lowest BCUT2D eigenvalue weighted by atomic mass is 10.5. The van der Waals surface area contributed by atoms with Crippen molar-refractivity contribution in [1.82, 2.24) is 10.3 Å². The maximum absolute atomic E-state index is 12.1. The Morgan fingerprint density at radius 2 is 2.24 bits per heavy atom. The van der Waals surface area contributed by atoms with E-state index in [1.165, 1.54) is 0 Å². The van der Waals surface area contributed by atoms with Crippen LogP contribution in [0.15, 0.2) is 29.4 Å². The second-order valence-electron chi connectivity index (χ2n) is 2.91. The van der Waals surface area contributed by atoms with Crippen molar-refractivity contribution in [2.24, 2.45) is 0 Å². The Labute approximate surface area is 117 Å². The number of nitrogens with zero attached hydrogens (tertiary/aromatic N) is 1. The summed E-state index contributed by atoms with van der Waals surface area (Å²) in [6.07, 6.45) is 1.56. The standard InChI is InChI=1S/C9H8Cl3FN2OS/c10-9(11,12)8(15-6(16)5-13)17-7-3-1-2-4-14-7/h1-4,8H,5H2,(H,15,16)/t8-/m1/s1. The van der Waals surface area contributed by atoms with Crippen molar-refractivity contribution in [3.8, 4) is 0 Å². The first kappa shape index (κ1) is 14.8. The topological polar surface area (TPSA) is 42.0 Å². The lowest BCUT2D eigenvalue weighted by Gasteiger charge is -2.23. The SMILES string of the molecule is O=C(CF)N[C@H](Sc1ccccn1)C(Cl)(Cl)Cl. The second-order valence-corrected chi connectivity index (χ2v) is 6.40. The Morgan fingerprint density at radius 1 is 1.53 bits per heavy atom. The van der Waals surface area contributed by atoms with Gasteiger partial charge >= 0.3 is 0 Å². The quantitative estimate of drug-likeness (QED) is 0.527. The molecule has 8 heteroatoms. The molecule has 0 radical (unpaired) electrons. The van der Waals surface area contributed by atoms with E-state index in [-0.39, 0.29) is 0 Å². The van der Waals surface area contributed by atoms with Gasteiger partial charge < -0.3 is 5.32 Å². The Balaban J connectivity index is 2.75. The second kappa shape index (κ2) is 6.64. The molecule has 0 spiro atoms. The molecule has 1 aromatic rings. The van der Waals surface area contributed by atoms with Crippen LogP contribution in [0.4, 0.5) is 4.39 Å². The normalized spacial score (nSPS) is 13.2. The molecule has 1 rings (SSSR count). The third-order valence-electron chi connectivity index (χ3n) is 1.59. The summed E-state index contributed by atoms with van der Waals surface area (Å²) in [5.41, 5.74) is 0. The van der Waals surface area contributed by atoms with Crippen molar-refractivity contribution < 1.29 is 9.18 Å². The van der Waals surface area contributed by atoms with E-state index >= 15 is 0 Å². The number of nitrogens with one attached hydrogen (secondary N) is 1. The molecule has 17 heavy (non-hydrogen) atoms. The van der Waals surface area contributed by atoms with Crippen LogP contribution >= 0.6 is 46.6 Å². The van der Waals surface area contributed by atoms with Crippen molar-refractivity contribution in [3.63, 3.8) is 0 Å². The highest BCUT2D eigenvalue weighted by Gasteiger charge is 2.35. The first-order chi connectivity index (χ1) is 7.93. The molecule has 0 saturated heterocycles. The van der Waals surface area contributed by atoms with Gasteiger partial charge in [-0.15, -0.1) is 0 Å². The van der Waals surface area contributed by atoms with Gasteiger partial charge in [-0.25, -0.2) is 9.37 Å². The third-order valence-corrected chi connectivity index (χ3v) is 3.82. The molecule has 0 aliphatic heterocycles. The minimum Gasteiger partial charge on any atom is -0.338 e. The molecule has 94 valence electrons. The van der Waals surface area contributed by atoms with Crippen molar-refractivity contribution in [2.75, 3.05) is 6.67 Å². The molecule has 1 N–H and O–H groups in total. The zero-order chi connectivity index (χ0) is 12.9. The summed E-state index contributed by atoms with van der Waals surface area (Å²) in [5.74, 6) is -0.843. The molecule has 1 aromatic heterocycles. The van der Waals surface area contributed by atoms with E-state index in [0.717, 1.165) is 11.8 Å². The summed E-state index contributed by atoms with van der Waals surface area (Å²) >= 11 is 18.1. The summed E-state index contributed by atoms with van der Waals surface area (Å²) in [7, 11) is 0. The highest BCUT2D eigenvalue weighted by atomic mass is 35.6. The largest absolute Gasteiger partial charge is 0.338 e. The van der Waals surface area contributed by atoms with Crippen LogP contribution in [-0.2, 0) is 4.79 Å². The maximum atomic E-state index is 12.1. The van der Waals surface area contributed by atoms with E-state index in [9.17, 15) is 9.18 Å². The highest BCUT2D eigenvalue weighted by Crippen LogP contribution is 2.38. The van der Waals surface area contributed by atoms with Crippen LogP contribution in [0, 0.1) is 0 Å². The Hall–Kier alpha value is -0.230. The molecule has 1 amide bonds. The van der Waals surface area contributed by atoms with Gasteiger partial charge in [-0.2, -0.15) is 0 Å². The molecule has 1 heterocycles. The summed E-state index contributed by atoms with van der Waals surface area (Å²) < 4.78 is 10.4. The predicted molar refractivity (Wildman–Crippen MR) is 68.3 cm³/mol. The van der Waals surface area contributed by atoms with Gasteiger partial charge in [-0.3, -0.25) is 4.79 Å². The third kappa shape index (κ3) is 5.29. The first-order valence-electron chi connectivity index (χ1n) is 4.43. The van der Waals surface area contributed by atoms with Crippen LogP contribution < -0.4 is 5.32 Å². The van der Waals surface area contributed by atoms with Crippen LogP contribution in [0.5, 0.6) is 0 Å². The number of halogens is 4. The van der Waals surface area contributed by atoms with E-state index in [1.54, 1.807) is 24.4 Å². The molecule has 0 fully saturated rings. The number of carbonyl (C=O) groups excluding carboxylic acids is 1. The van der Waals surface area contributed by atoms with Crippen molar-refractivity contribution in [2.45, 2.75) is 14.2 Å². The molecule has 0 bridgehead atoms. The lowest BCUT2D eigenvalue weighted by Crippen LogP contribution is -2.42. The van der Waals surface area contributed by atoms with Gasteiger partial charge in [-0.05, 0) is 12.1 Å². The minimum absolute atomic E-state index is 0.558. The number of alkyl halides is 4. The van der Waals surface area contributed by atoms with E-state index in [2.05, 4.69) is 10.3 Å². The fraction of sp³-hybridized carbons (Fsp3) is 0.333. The molecular formula is C9H8Cl3FN2OS. The molecular weight excluding hydrogens is 310 g/mol. The number of carbonyl (C=O) groups is 1. The number of pyridine rings is 1. The summed E-state index contributed by atoms with van der Waals surface area (Å²) in [6, 6.07) is 5.17. The molecule has 0 saturated carbocycles. The van der Waals surface area contributed by atoms with Gasteiger partial charge in [0.25, 0.3) is 5.91 Å². The predicted octanol–water partition coefficient (Wildman–Crippen LogP) is 2.96. The monoisotopic (exact) mass is 316 g/mol. The average molecular weight is 318 g/mol. The maximum Gasteiger partial charge on any atom is 0.252 e. The minimum atomic E-state index is -1.76. The Morgan fingerprint density at radius 3 is 2.71 bits per heavy atom. The fourth-order valence-corrected chi connectivity index (χ4v) is 2.31. The van der Waals surface area contributed by atoms with Gasteiger partial charge in [0.1, 0.15) is 5.37 Å². The zero-order valence-electron chi connectivity index (χ0n) is 8.37. The molecule has 0 unspecified atom stereocenters. The van der Waals surface area contributed by atoms with Crippen LogP contribution in [-0.4, -0.2) is 26.7 Å². The summed E-state index contributed by atoms with van der Waals surface area (Å²) in [5, 5.41) is 1.92. The molecule has 0 aliphatic rings. The Kier molecular flexibility index (Phi) is 5.79. The van der Waals surface area contributed by atoms with Gasteiger partial charge in [0.2, 0.25) is 3.79 Å². The van der Waals surface area contributed by atoms with Crippen LogP contribution in [0.25, 0.3) is 0 Å². The van der Waals surface area contributed by atoms with Crippen molar-refractivity contribution >= 4 is 52.5 Å². The number of aromatic nitrogens is 1. The Bertz CT molecular complexity index is 374. The number of hydrogen-bond acceptors (Lipinski definition) is 3. The smallest absolute Gasteiger partial charge is 0.252 e. The summed E-state index contributed by atoms with van der Waals surface area (Å²) in [6.45, 7) is -1.17. The van der Waals surface area contributed by atoms with Crippen LogP contribution in [0.1, 0.15) is 0 Å². The van der Waals surface area contributed by atoms with Gasteiger partial charge in [-0.1, -0.05) is 52.6 Å². The number of hydrogen-bond donors (Lipinski definition) is 1. The van der Waals surface area contributed by atoms with Crippen molar-refractivity contribution in [3.05, 3.63) is 24.4 Å². The number of amides is 1. The highest BCUT2D eigenvalue weighted by molar-refractivity contribution is 8.00. The van der Waals surface area contributed by atoms with E-state index < -0.39 is 21.7 Å². The van der Waals surface area contributed by atoms with E-state index in [0.29, 0.717) is 5.03 Å². The molecule has 1 atom stereocenters. The van der Waals surface area contributed by atoms with Gasteiger partial charge in [0, 0.05) is 6.20 Å². The lowest BCUT2D eigenvalue weighted by molar-refractivity contribution is -0.122. The summed E-state index contributed by atoms with van der Waals surface area (Å²) in [4.78, 5) is 15.0. The van der Waals surface area contributed by atoms with Crippen LogP contribution in [0.2, 0.25) is 0 Å². The molecule has 0 aromatic carbocycles. The van der Waals surface area contributed by atoms with Gasteiger partial charge in [0.05, 0.1) is 5.03 Å². The number of rotatable bonds is 4. The molecule has 3 nitrogen and oxygen atoms in total. The fourth-order valence-electron chi connectivity index (χ4n) is 0.900. The average Bonchev–Trinajstić information content (AvgIpc) is 2.28. The van der Waals surface area contributed by atoms with E-state index in [1.807, 2.05) is 0 Å². The first-order valence-corrected chi connectivity index (χ1v) is 6.44. The van der Waals surface area contributed by atoms with E-state index in [4.69, 9.17) is 34.8 Å². The van der Waals surface area contributed by atoms with Crippen LogP contribution in [0.3, 0.4) is 0 Å². The number of thioether (sulfide) groups is 1. The van der Waals surface area contributed by atoms with Gasteiger partial charge in [0.15, 0.2) is 6.67 Å². The zero-order valence-corrected chi connectivity index (χ0v) is 11.5. The molecule has 0 aliphatic carbocycles.